The normalized spacial score (nSPS) is 20.5. The van der Waals surface area contributed by atoms with Crippen LogP contribution in [-0.2, 0) is 24.3 Å². The predicted octanol–water partition coefficient (Wildman–Crippen LogP) is 4.42. The third kappa shape index (κ3) is 4.34. The minimum absolute atomic E-state index is 0.0999. The smallest absolute Gasteiger partial charge is 0.237 e. The zero-order valence-corrected chi connectivity index (χ0v) is 16.8. The maximum absolute atomic E-state index is 13.2. The van der Waals surface area contributed by atoms with Crippen LogP contribution in [-0.4, -0.2) is 28.0 Å². The zero-order valence-electron chi connectivity index (χ0n) is 16.0. The van der Waals surface area contributed by atoms with E-state index in [1.54, 1.807) is 18.2 Å². The molecule has 1 heterocycles. The molecule has 0 aromatic heterocycles. The molecule has 0 spiro atoms. The average Bonchev–Trinajstić information content (AvgIpc) is 2.71. The second-order valence-corrected chi connectivity index (χ2v) is 8.45. The molecule has 0 bridgehead atoms. The van der Waals surface area contributed by atoms with E-state index in [4.69, 9.17) is 11.6 Å². The highest BCUT2D eigenvalue weighted by atomic mass is 35.5. The molecular weight excluding hydrogens is 372 g/mol. The van der Waals surface area contributed by atoms with Gasteiger partial charge in [0.2, 0.25) is 5.91 Å². The monoisotopic (exact) mass is 398 g/mol. The summed E-state index contributed by atoms with van der Waals surface area (Å²) in [5.74, 6) is 0.317. The summed E-state index contributed by atoms with van der Waals surface area (Å²) < 4.78 is 0. The summed E-state index contributed by atoms with van der Waals surface area (Å²) in [7, 11) is 0. The number of rotatable bonds is 4. The lowest BCUT2D eigenvalue weighted by Crippen LogP contribution is -2.52. The lowest BCUT2D eigenvalue weighted by molar-refractivity contribution is -0.128. The zero-order chi connectivity index (χ0) is 19.5. The Balaban J connectivity index is 1.57. The molecule has 4 rings (SSSR count). The van der Waals surface area contributed by atoms with Crippen LogP contribution in [0.5, 0.6) is 5.75 Å². The SMILES string of the molecule is O=C(NC1CCCCC1)C1Cc2ccccc2CN1Cc1cc(Cl)ccc1O. The number of carbonyl (C=O) groups excluding carboxylic acids is 1. The van der Waals surface area contributed by atoms with Crippen molar-refractivity contribution in [2.24, 2.45) is 0 Å². The molecule has 1 unspecified atom stereocenters. The van der Waals surface area contributed by atoms with E-state index in [0.29, 0.717) is 30.6 Å². The van der Waals surface area contributed by atoms with Crippen LogP contribution >= 0.6 is 11.6 Å². The maximum atomic E-state index is 13.2. The Morgan fingerprint density at radius 1 is 1.11 bits per heavy atom. The van der Waals surface area contributed by atoms with Crippen LogP contribution in [0.3, 0.4) is 0 Å². The fourth-order valence-corrected chi connectivity index (χ4v) is 4.64. The quantitative estimate of drug-likeness (QED) is 0.801. The molecule has 1 atom stereocenters. The first-order valence-corrected chi connectivity index (χ1v) is 10.6. The van der Waals surface area contributed by atoms with Gasteiger partial charge in [-0.1, -0.05) is 55.1 Å². The Kier molecular flexibility index (Phi) is 5.88. The maximum Gasteiger partial charge on any atom is 0.237 e. The molecule has 2 N–H and O–H groups in total. The molecule has 1 aliphatic heterocycles. The first-order valence-electron chi connectivity index (χ1n) is 10.2. The van der Waals surface area contributed by atoms with Gasteiger partial charge in [0, 0.05) is 29.7 Å². The van der Waals surface area contributed by atoms with Crippen molar-refractivity contribution in [1.82, 2.24) is 10.2 Å². The van der Waals surface area contributed by atoms with E-state index < -0.39 is 0 Å². The van der Waals surface area contributed by atoms with Gasteiger partial charge in [0.05, 0.1) is 6.04 Å². The number of phenols is 1. The third-order valence-corrected chi connectivity index (χ3v) is 6.25. The van der Waals surface area contributed by atoms with Crippen LogP contribution in [0, 0.1) is 0 Å². The van der Waals surface area contributed by atoms with Crippen molar-refractivity contribution in [2.75, 3.05) is 0 Å². The van der Waals surface area contributed by atoms with Gasteiger partial charge in [-0.05, 0) is 48.6 Å². The fraction of sp³-hybridized carbons (Fsp3) is 0.435. The molecule has 4 nitrogen and oxygen atoms in total. The van der Waals surface area contributed by atoms with Crippen molar-refractivity contribution >= 4 is 17.5 Å². The number of phenolic OH excluding ortho intramolecular Hbond substituents is 1. The Morgan fingerprint density at radius 3 is 2.64 bits per heavy atom. The van der Waals surface area contributed by atoms with Crippen LogP contribution < -0.4 is 5.32 Å². The molecule has 28 heavy (non-hydrogen) atoms. The van der Waals surface area contributed by atoms with E-state index in [1.807, 2.05) is 12.1 Å². The van der Waals surface area contributed by atoms with E-state index in [1.165, 1.54) is 30.4 Å². The first kappa shape index (κ1) is 19.3. The Bertz CT molecular complexity index is 848. The predicted molar refractivity (Wildman–Crippen MR) is 111 cm³/mol. The standard InChI is InChI=1S/C23H27ClN2O2/c24-19-10-11-22(27)18(12-19)15-26-14-17-7-5-4-6-16(17)13-21(26)23(28)25-20-8-2-1-3-9-20/h4-7,10-12,20-21,27H,1-3,8-9,13-15H2,(H,25,28). The fourth-order valence-electron chi connectivity index (χ4n) is 4.45. The van der Waals surface area contributed by atoms with Crippen molar-refractivity contribution in [1.29, 1.82) is 0 Å². The molecule has 2 aliphatic rings. The van der Waals surface area contributed by atoms with E-state index >= 15 is 0 Å². The molecule has 0 saturated heterocycles. The average molecular weight is 399 g/mol. The van der Waals surface area contributed by atoms with Gasteiger partial charge in [-0.15, -0.1) is 0 Å². The van der Waals surface area contributed by atoms with Gasteiger partial charge in [0.25, 0.3) is 0 Å². The second kappa shape index (κ2) is 8.54. The molecule has 1 aliphatic carbocycles. The Morgan fingerprint density at radius 2 is 1.86 bits per heavy atom. The van der Waals surface area contributed by atoms with Crippen LogP contribution in [0.1, 0.15) is 48.8 Å². The number of hydrogen-bond acceptors (Lipinski definition) is 3. The highest BCUT2D eigenvalue weighted by molar-refractivity contribution is 6.30. The topological polar surface area (TPSA) is 52.6 Å². The molecule has 1 fully saturated rings. The number of hydrogen-bond donors (Lipinski definition) is 2. The van der Waals surface area contributed by atoms with E-state index in [2.05, 4.69) is 22.3 Å². The summed E-state index contributed by atoms with van der Waals surface area (Å²) in [5, 5.41) is 14.1. The molecule has 5 heteroatoms. The molecule has 1 amide bonds. The molecule has 0 radical (unpaired) electrons. The molecule has 148 valence electrons. The number of nitrogens with one attached hydrogen (secondary N) is 1. The van der Waals surface area contributed by atoms with Crippen LogP contribution in [0.2, 0.25) is 5.02 Å². The number of aromatic hydroxyl groups is 1. The van der Waals surface area contributed by atoms with Crippen LogP contribution in [0.25, 0.3) is 0 Å². The van der Waals surface area contributed by atoms with Gasteiger partial charge in [-0.2, -0.15) is 0 Å². The van der Waals surface area contributed by atoms with Crippen molar-refractivity contribution in [2.45, 2.75) is 63.7 Å². The van der Waals surface area contributed by atoms with Gasteiger partial charge in [0.1, 0.15) is 5.75 Å². The number of amides is 1. The van der Waals surface area contributed by atoms with Crippen molar-refractivity contribution in [3.8, 4) is 5.75 Å². The summed E-state index contributed by atoms with van der Waals surface area (Å²) in [4.78, 5) is 15.3. The van der Waals surface area contributed by atoms with Crippen molar-refractivity contribution in [3.63, 3.8) is 0 Å². The van der Waals surface area contributed by atoms with Crippen molar-refractivity contribution < 1.29 is 9.90 Å². The summed E-state index contributed by atoms with van der Waals surface area (Å²) in [6, 6.07) is 13.4. The Labute approximate surface area is 171 Å². The highest BCUT2D eigenvalue weighted by Gasteiger charge is 2.33. The first-order chi connectivity index (χ1) is 13.6. The summed E-state index contributed by atoms with van der Waals surface area (Å²) in [6.07, 6.45) is 6.49. The minimum Gasteiger partial charge on any atom is -0.508 e. The van der Waals surface area contributed by atoms with Gasteiger partial charge in [-0.3, -0.25) is 9.69 Å². The van der Waals surface area contributed by atoms with Crippen molar-refractivity contribution in [3.05, 3.63) is 64.2 Å². The summed E-state index contributed by atoms with van der Waals surface area (Å²) >= 11 is 6.13. The van der Waals surface area contributed by atoms with E-state index in [9.17, 15) is 9.90 Å². The molecular formula is C23H27ClN2O2. The van der Waals surface area contributed by atoms with Gasteiger partial charge in [0.15, 0.2) is 0 Å². The third-order valence-electron chi connectivity index (χ3n) is 6.02. The lowest BCUT2D eigenvalue weighted by atomic mass is 9.91. The Hall–Kier alpha value is -2.04. The number of carbonyl (C=O) groups is 1. The highest BCUT2D eigenvalue weighted by Crippen LogP contribution is 2.29. The summed E-state index contributed by atoms with van der Waals surface area (Å²) in [5.41, 5.74) is 3.23. The summed E-state index contributed by atoms with van der Waals surface area (Å²) in [6.45, 7) is 1.17. The molecule has 2 aromatic carbocycles. The van der Waals surface area contributed by atoms with Gasteiger partial charge >= 0.3 is 0 Å². The molecule has 1 saturated carbocycles. The van der Waals surface area contributed by atoms with Crippen LogP contribution in [0.15, 0.2) is 42.5 Å². The number of halogens is 1. The van der Waals surface area contributed by atoms with Gasteiger partial charge in [-0.25, -0.2) is 0 Å². The number of fused-ring (bicyclic) bond motifs is 1. The number of benzene rings is 2. The minimum atomic E-state index is -0.241. The largest absolute Gasteiger partial charge is 0.508 e. The number of nitrogens with zero attached hydrogens (tertiary/aromatic N) is 1. The van der Waals surface area contributed by atoms with Crippen LogP contribution in [0.4, 0.5) is 0 Å². The van der Waals surface area contributed by atoms with E-state index in [0.717, 1.165) is 18.4 Å². The second-order valence-electron chi connectivity index (χ2n) is 8.01. The molecule has 2 aromatic rings. The van der Waals surface area contributed by atoms with E-state index in [-0.39, 0.29) is 17.7 Å². The van der Waals surface area contributed by atoms with Gasteiger partial charge < -0.3 is 10.4 Å². The lowest BCUT2D eigenvalue weighted by Gasteiger charge is -2.37.